The average Bonchev–Trinajstić information content (AvgIpc) is 2.42. The molecule has 96 valence electrons. The quantitative estimate of drug-likeness (QED) is 0.590. The van der Waals surface area contributed by atoms with Gasteiger partial charge in [-0.1, -0.05) is 12.1 Å². The Hall–Kier alpha value is -1.77. The average molecular weight is 246 g/mol. The van der Waals surface area contributed by atoms with E-state index in [1.807, 2.05) is 13.0 Å². The van der Waals surface area contributed by atoms with Crippen molar-refractivity contribution in [2.75, 3.05) is 6.61 Å². The minimum absolute atomic E-state index is 0.0408. The van der Waals surface area contributed by atoms with Gasteiger partial charge in [-0.3, -0.25) is 4.79 Å². The van der Waals surface area contributed by atoms with Crippen molar-refractivity contribution in [3.63, 3.8) is 0 Å². The Morgan fingerprint density at radius 2 is 2.33 bits per heavy atom. The SMILES string of the molecule is CCOc1cccc(C=O)c1OC1C=CCCC1. The molecule has 1 aromatic rings. The molecule has 1 unspecified atom stereocenters. The summed E-state index contributed by atoms with van der Waals surface area (Å²) in [5.74, 6) is 1.20. The molecular weight excluding hydrogens is 228 g/mol. The topological polar surface area (TPSA) is 35.5 Å². The number of carbonyl (C=O) groups excluding carboxylic acids is 1. The van der Waals surface area contributed by atoms with E-state index in [-0.39, 0.29) is 6.10 Å². The van der Waals surface area contributed by atoms with Gasteiger partial charge >= 0.3 is 0 Å². The maximum absolute atomic E-state index is 11.1. The summed E-state index contributed by atoms with van der Waals surface area (Å²) in [6.45, 7) is 2.47. The third-order valence-corrected chi connectivity index (χ3v) is 2.92. The van der Waals surface area contributed by atoms with Gasteiger partial charge in [-0.2, -0.15) is 0 Å². The van der Waals surface area contributed by atoms with E-state index in [9.17, 15) is 4.79 Å². The first-order chi connectivity index (χ1) is 8.85. The molecule has 1 aromatic carbocycles. The fourth-order valence-corrected chi connectivity index (χ4v) is 2.05. The molecule has 0 saturated heterocycles. The van der Waals surface area contributed by atoms with Crippen molar-refractivity contribution in [2.45, 2.75) is 32.3 Å². The number of hydrogen-bond donors (Lipinski definition) is 0. The molecule has 1 aliphatic rings. The predicted octanol–water partition coefficient (Wildman–Crippen LogP) is 3.39. The molecule has 1 atom stereocenters. The lowest BCUT2D eigenvalue weighted by atomic mass is 10.1. The summed E-state index contributed by atoms with van der Waals surface area (Å²) >= 11 is 0. The predicted molar refractivity (Wildman–Crippen MR) is 70.4 cm³/mol. The van der Waals surface area contributed by atoms with Gasteiger partial charge in [0.25, 0.3) is 0 Å². The van der Waals surface area contributed by atoms with Crippen molar-refractivity contribution in [1.29, 1.82) is 0 Å². The zero-order valence-corrected chi connectivity index (χ0v) is 10.6. The Morgan fingerprint density at radius 3 is 3.00 bits per heavy atom. The van der Waals surface area contributed by atoms with Gasteiger partial charge in [-0.25, -0.2) is 0 Å². The van der Waals surface area contributed by atoms with Crippen molar-refractivity contribution in [2.24, 2.45) is 0 Å². The van der Waals surface area contributed by atoms with E-state index in [2.05, 4.69) is 12.2 Å². The summed E-state index contributed by atoms with van der Waals surface area (Å²) in [5.41, 5.74) is 0.542. The van der Waals surface area contributed by atoms with Crippen molar-refractivity contribution in [3.8, 4) is 11.5 Å². The number of ether oxygens (including phenoxy) is 2. The van der Waals surface area contributed by atoms with Crippen LogP contribution in [-0.2, 0) is 0 Å². The molecule has 0 spiro atoms. The molecule has 2 rings (SSSR count). The van der Waals surface area contributed by atoms with E-state index in [0.29, 0.717) is 23.7 Å². The van der Waals surface area contributed by atoms with Gasteiger partial charge in [0.05, 0.1) is 12.2 Å². The first kappa shape index (κ1) is 12.7. The van der Waals surface area contributed by atoms with Crippen LogP contribution in [0.3, 0.4) is 0 Å². The molecule has 0 bridgehead atoms. The van der Waals surface area contributed by atoms with Gasteiger partial charge in [0.15, 0.2) is 17.8 Å². The molecule has 0 fully saturated rings. The van der Waals surface area contributed by atoms with Crippen LogP contribution < -0.4 is 9.47 Å². The number of rotatable bonds is 5. The summed E-state index contributed by atoms with van der Waals surface area (Å²) in [6, 6.07) is 5.38. The van der Waals surface area contributed by atoms with E-state index >= 15 is 0 Å². The van der Waals surface area contributed by atoms with Gasteiger partial charge in [0.1, 0.15) is 6.10 Å². The smallest absolute Gasteiger partial charge is 0.172 e. The van der Waals surface area contributed by atoms with Crippen LogP contribution in [0, 0.1) is 0 Å². The third-order valence-electron chi connectivity index (χ3n) is 2.92. The van der Waals surface area contributed by atoms with Crippen molar-refractivity contribution < 1.29 is 14.3 Å². The Labute approximate surface area is 107 Å². The second-order valence-corrected chi connectivity index (χ2v) is 4.24. The Balaban J connectivity index is 2.25. The van der Waals surface area contributed by atoms with Crippen LogP contribution in [0.5, 0.6) is 11.5 Å². The summed E-state index contributed by atoms with van der Waals surface area (Å²) in [6.07, 6.45) is 8.24. The van der Waals surface area contributed by atoms with Crippen LogP contribution in [0.4, 0.5) is 0 Å². The molecule has 1 aliphatic carbocycles. The molecule has 3 heteroatoms. The van der Waals surface area contributed by atoms with Gasteiger partial charge < -0.3 is 9.47 Å². The highest BCUT2D eigenvalue weighted by Crippen LogP contribution is 2.32. The number of carbonyl (C=O) groups is 1. The molecular formula is C15H18O3. The Morgan fingerprint density at radius 1 is 1.44 bits per heavy atom. The lowest BCUT2D eigenvalue weighted by Crippen LogP contribution is -2.17. The van der Waals surface area contributed by atoms with E-state index in [1.165, 1.54) is 0 Å². The fourth-order valence-electron chi connectivity index (χ4n) is 2.05. The standard InChI is InChI=1S/C15H18O3/c1-2-17-14-10-6-7-12(11-16)15(14)18-13-8-4-3-5-9-13/h4,6-8,10-11,13H,2-3,5,9H2,1H3. The number of allylic oxidation sites excluding steroid dienone is 1. The number of para-hydroxylation sites is 1. The van der Waals surface area contributed by atoms with E-state index in [1.54, 1.807) is 12.1 Å². The van der Waals surface area contributed by atoms with Crippen LogP contribution in [0.1, 0.15) is 36.5 Å². The normalized spacial score (nSPS) is 18.4. The molecule has 0 aliphatic heterocycles. The highest BCUT2D eigenvalue weighted by atomic mass is 16.5. The highest BCUT2D eigenvalue weighted by Gasteiger charge is 2.16. The highest BCUT2D eigenvalue weighted by molar-refractivity contribution is 5.81. The van der Waals surface area contributed by atoms with Crippen molar-refractivity contribution in [1.82, 2.24) is 0 Å². The lowest BCUT2D eigenvalue weighted by Gasteiger charge is -2.21. The molecule has 3 nitrogen and oxygen atoms in total. The van der Waals surface area contributed by atoms with E-state index in [0.717, 1.165) is 25.5 Å². The van der Waals surface area contributed by atoms with Gasteiger partial charge in [0.2, 0.25) is 0 Å². The Kier molecular flexibility index (Phi) is 4.40. The largest absolute Gasteiger partial charge is 0.490 e. The number of aldehydes is 1. The molecule has 0 heterocycles. The summed E-state index contributed by atoms with van der Waals surface area (Å²) < 4.78 is 11.4. The maximum Gasteiger partial charge on any atom is 0.172 e. The molecule has 0 amide bonds. The van der Waals surface area contributed by atoms with Gasteiger partial charge in [-0.15, -0.1) is 0 Å². The van der Waals surface area contributed by atoms with Crippen molar-refractivity contribution in [3.05, 3.63) is 35.9 Å². The maximum atomic E-state index is 11.1. The van der Waals surface area contributed by atoms with Crippen LogP contribution in [0.15, 0.2) is 30.4 Å². The van der Waals surface area contributed by atoms with Gasteiger partial charge in [0, 0.05) is 0 Å². The van der Waals surface area contributed by atoms with Crippen LogP contribution in [0.25, 0.3) is 0 Å². The summed E-state index contributed by atoms with van der Waals surface area (Å²) in [4.78, 5) is 11.1. The fraction of sp³-hybridized carbons (Fsp3) is 0.400. The van der Waals surface area contributed by atoms with E-state index < -0.39 is 0 Å². The second kappa shape index (κ2) is 6.24. The molecule has 0 aromatic heterocycles. The minimum atomic E-state index is 0.0408. The molecule has 0 N–H and O–H groups in total. The first-order valence-electron chi connectivity index (χ1n) is 6.39. The molecule has 0 saturated carbocycles. The third kappa shape index (κ3) is 2.92. The lowest BCUT2D eigenvalue weighted by molar-refractivity contribution is 0.111. The minimum Gasteiger partial charge on any atom is -0.490 e. The number of hydrogen-bond acceptors (Lipinski definition) is 3. The van der Waals surface area contributed by atoms with E-state index in [4.69, 9.17) is 9.47 Å². The van der Waals surface area contributed by atoms with Crippen LogP contribution in [0.2, 0.25) is 0 Å². The van der Waals surface area contributed by atoms with Crippen LogP contribution in [-0.4, -0.2) is 19.0 Å². The monoisotopic (exact) mass is 246 g/mol. The second-order valence-electron chi connectivity index (χ2n) is 4.24. The van der Waals surface area contributed by atoms with Gasteiger partial charge in [-0.05, 0) is 44.4 Å². The molecule has 18 heavy (non-hydrogen) atoms. The Bertz CT molecular complexity index is 437. The summed E-state index contributed by atoms with van der Waals surface area (Å²) in [5, 5.41) is 0. The summed E-state index contributed by atoms with van der Waals surface area (Å²) in [7, 11) is 0. The van der Waals surface area contributed by atoms with Crippen molar-refractivity contribution >= 4 is 6.29 Å². The first-order valence-corrected chi connectivity index (χ1v) is 6.39. The zero-order chi connectivity index (χ0) is 12.8. The zero-order valence-electron chi connectivity index (χ0n) is 10.6. The van der Waals surface area contributed by atoms with Crippen LogP contribution >= 0.6 is 0 Å². The number of benzene rings is 1. The molecule has 0 radical (unpaired) electrons.